The lowest BCUT2D eigenvalue weighted by Crippen LogP contribution is -2.35. The topological polar surface area (TPSA) is 135 Å². The standard InChI is InChI=1S/C23H24N4O6S4/c28-18(26-20(30)24-16-8-3-1-4-9-16)14-36-22(34)32-12-7-13-33-23(35)37-15-19(29)27-21(31)25-17-10-5-2-6-11-17/h1-6,8-11H,7,12-15H2,(H2,24,26,28,30)(H2,25,27,29,31). The van der Waals surface area contributed by atoms with Gasteiger partial charge in [0.15, 0.2) is 0 Å². The molecule has 0 atom stereocenters. The highest BCUT2D eigenvalue weighted by molar-refractivity contribution is 8.23. The van der Waals surface area contributed by atoms with Gasteiger partial charge in [-0.2, -0.15) is 0 Å². The second-order valence-electron chi connectivity index (χ2n) is 6.86. The Hall–Kier alpha value is -3.20. The molecule has 0 aliphatic carbocycles. The molecule has 0 radical (unpaired) electrons. The van der Waals surface area contributed by atoms with E-state index in [0.717, 1.165) is 23.5 Å². The van der Waals surface area contributed by atoms with E-state index in [4.69, 9.17) is 33.9 Å². The van der Waals surface area contributed by atoms with Gasteiger partial charge in [-0.05, 0) is 48.7 Å². The van der Waals surface area contributed by atoms with Crippen molar-refractivity contribution in [2.45, 2.75) is 6.42 Å². The predicted molar refractivity (Wildman–Crippen MR) is 154 cm³/mol. The Morgan fingerprint density at radius 1 is 0.649 bits per heavy atom. The number of thiocarbonyl (C=S) groups is 2. The maximum atomic E-state index is 11.9. The molecular weight excluding hydrogens is 557 g/mol. The third-order valence-electron chi connectivity index (χ3n) is 3.94. The lowest BCUT2D eigenvalue weighted by atomic mass is 10.3. The zero-order valence-corrected chi connectivity index (χ0v) is 22.7. The zero-order valence-electron chi connectivity index (χ0n) is 19.4. The van der Waals surface area contributed by atoms with Gasteiger partial charge in [0.25, 0.3) is 0 Å². The highest BCUT2D eigenvalue weighted by Gasteiger charge is 2.11. The van der Waals surface area contributed by atoms with Gasteiger partial charge in [0.05, 0.1) is 24.7 Å². The number of thioether (sulfide) groups is 2. The number of hydrogen-bond donors (Lipinski definition) is 4. The van der Waals surface area contributed by atoms with Crippen molar-refractivity contribution in [3.63, 3.8) is 0 Å². The lowest BCUT2D eigenvalue weighted by Gasteiger charge is -2.09. The first-order valence-electron chi connectivity index (χ1n) is 10.7. The van der Waals surface area contributed by atoms with Crippen molar-refractivity contribution in [3.05, 3.63) is 60.7 Å². The molecule has 196 valence electrons. The summed E-state index contributed by atoms with van der Waals surface area (Å²) < 4.78 is 11.0. The molecular formula is C23H24N4O6S4. The van der Waals surface area contributed by atoms with E-state index in [0.29, 0.717) is 17.8 Å². The van der Waals surface area contributed by atoms with Crippen LogP contribution in [0.25, 0.3) is 0 Å². The highest BCUT2D eigenvalue weighted by Crippen LogP contribution is 2.09. The van der Waals surface area contributed by atoms with Crippen molar-refractivity contribution in [3.8, 4) is 0 Å². The van der Waals surface area contributed by atoms with Gasteiger partial charge in [0, 0.05) is 17.8 Å². The minimum absolute atomic E-state index is 0.0797. The van der Waals surface area contributed by atoms with E-state index in [-0.39, 0.29) is 33.5 Å². The van der Waals surface area contributed by atoms with Crippen LogP contribution in [0.3, 0.4) is 0 Å². The van der Waals surface area contributed by atoms with Crippen LogP contribution in [0.5, 0.6) is 0 Å². The van der Waals surface area contributed by atoms with Crippen LogP contribution < -0.4 is 21.3 Å². The zero-order chi connectivity index (χ0) is 26.9. The molecule has 0 unspecified atom stereocenters. The first-order valence-corrected chi connectivity index (χ1v) is 13.5. The summed E-state index contributed by atoms with van der Waals surface area (Å²) in [5.74, 6) is -1.19. The molecule has 0 spiro atoms. The Morgan fingerprint density at radius 2 is 1.03 bits per heavy atom. The molecule has 10 nitrogen and oxygen atoms in total. The predicted octanol–water partition coefficient (Wildman–Crippen LogP) is 4.14. The molecule has 2 aromatic rings. The third kappa shape index (κ3) is 14.2. The summed E-state index contributed by atoms with van der Waals surface area (Å²) in [7, 11) is 0. The molecule has 0 aromatic heterocycles. The summed E-state index contributed by atoms with van der Waals surface area (Å²) >= 11 is 12.1. The van der Waals surface area contributed by atoms with Gasteiger partial charge in [-0.25, -0.2) is 9.59 Å². The van der Waals surface area contributed by atoms with Crippen molar-refractivity contribution < 1.29 is 28.7 Å². The summed E-state index contributed by atoms with van der Waals surface area (Å²) in [5, 5.41) is 9.48. The Bertz CT molecular complexity index is 1000. The van der Waals surface area contributed by atoms with Gasteiger partial charge < -0.3 is 20.1 Å². The molecule has 37 heavy (non-hydrogen) atoms. The van der Waals surface area contributed by atoms with Gasteiger partial charge in [-0.1, -0.05) is 59.9 Å². The highest BCUT2D eigenvalue weighted by atomic mass is 32.2. The van der Waals surface area contributed by atoms with Gasteiger partial charge in [0.2, 0.25) is 20.6 Å². The number of imide groups is 2. The first kappa shape index (κ1) is 30.0. The number of rotatable bonds is 10. The molecule has 4 N–H and O–H groups in total. The molecule has 0 saturated heterocycles. The third-order valence-corrected chi connectivity index (χ3v) is 6.40. The first-order chi connectivity index (χ1) is 17.8. The van der Waals surface area contributed by atoms with E-state index in [2.05, 4.69) is 21.3 Å². The van der Waals surface area contributed by atoms with Crippen molar-refractivity contribution in [2.24, 2.45) is 0 Å². The second-order valence-corrected chi connectivity index (χ2v) is 10.0. The SMILES string of the molecule is O=C(CSC(=S)OCCCOC(=S)SCC(=O)NC(=O)Nc1ccccc1)NC(=O)Nc1ccccc1. The monoisotopic (exact) mass is 580 g/mol. The molecule has 0 aliphatic rings. The number of carbonyl (C=O) groups excluding carboxylic acids is 4. The lowest BCUT2D eigenvalue weighted by molar-refractivity contribution is -0.118. The van der Waals surface area contributed by atoms with Crippen LogP contribution in [0.4, 0.5) is 21.0 Å². The average Bonchev–Trinajstić information content (AvgIpc) is 2.87. The number of anilines is 2. The molecule has 2 aromatic carbocycles. The summed E-state index contributed by atoms with van der Waals surface area (Å²) in [5.41, 5.74) is 1.13. The fourth-order valence-electron chi connectivity index (χ4n) is 2.40. The Balaban J connectivity index is 1.47. The number of para-hydroxylation sites is 2. The molecule has 14 heteroatoms. The van der Waals surface area contributed by atoms with E-state index in [1.807, 2.05) is 12.1 Å². The minimum atomic E-state index is -0.637. The maximum absolute atomic E-state index is 11.9. The van der Waals surface area contributed by atoms with Crippen LogP contribution in [0.1, 0.15) is 6.42 Å². The van der Waals surface area contributed by atoms with E-state index in [1.54, 1.807) is 48.5 Å². The Kier molecular flexibility index (Phi) is 14.0. The summed E-state index contributed by atoms with van der Waals surface area (Å²) in [6.45, 7) is 0.463. The molecule has 2 rings (SSSR count). The molecule has 0 bridgehead atoms. The molecule has 0 saturated carbocycles. The van der Waals surface area contributed by atoms with Crippen LogP contribution in [0, 0.1) is 0 Å². The number of hydrogen-bond acceptors (Lipinski definition) is 10. The number of nitrogens with one attached hydrogen (secondary N) is 4. The van der Waals surface area contributed by atoms with Crippen LogP contribution in [0.15, 0.2) is 60.7 Å². The van der Waals surface area contributed by atoms with Gasteiger partial charge >= 0.3 is 12.1 Å². The molecule has 0 fully saturated rings. The Labute approximate surface area is 233 Å². The van der Waals surface area contributed by atoms with Crippen molar-refractivity contribution in [2.75, 3.05) is 35.4 Å². The van der Waals surface area contributed by atoms with E-state index < -0.39 is 23.9 Å². The molecule has 6 amide bonds. The van der Waals surface area contributed by atoms with Gasteiger partial charge in [-0.15, -0.1) is 0 Å². The number of urea groups is 2. The fraction of sp³-hybridized carbons (Fsp3) is 0.217. The van der Waals surface area contributed by atoms with Crippen LogP contribution in [0.2, 0.25) is 0 Å². The fourth-order valence-corrected chi connectivity index (χ4v) is 3.89. The smallest absolute Gasteiger partial charge is 0.325 e. The average molecular weight is 581 g/mol. The maximum Gasteiger partial charge on any atom is 0.325 e. The quantitative estimate of drug-likeness (QED) is 0.240. The van der Waals surface area contributed by atoms with Crippen molar-refractivity contribution in [1.82, 2.24) is 10.6 Å². The van der Waals surface area contributed by atoms with Crippen molar-refractivity contribution in [1.29, 1.82) is 0 Å². The second kappa shape index (κ2) is 17.3. The van der Waals surface area contributed by atoms with E-state index in [9.17, 15) is 19.2 Å². The molecule has 0 aliphatic heterocycles. The van der Waals surface area contributed by atoms with E-state index >= 15 is 0 Å². The summed E-state index contributed by atoms with van der Waals surface area (Å²) in [6.07, 6.45) is 0.457. The largest absolute Gasteiger partial charge is 0.478 e. The normalized spacial score (nSPS) is 9.95. The minimum Gasteiger partial charge on any atom is -0.478 e. The summed E-state index contributed by atoms with van der Waals surface area (Å²) in [6, 6.07) is 16.2. The van der Waals surface area contributed by atoms with Gasteiger partial charge in [-0.3, -0.25) is 20.2 Å². The number of carbonyl (C=O) groups is 4. The van der Waals surface area contributed by atoms with Crippen molar-refractivity contribution >= 4 is 92.0 Å². The number of ether oxygens (including phenoxy) is 2. The number of amides is 6. The van der Waals surface area contributed by atoms with Crippen LogP contribution in [-0.2, 0) is 19.1 Å². The van der Waals surface area contributed by atoms with E-state index in [1.165, 1.54) is 0 Å². The van der Waals surface area contributed by atoms with Crippen LogP contribution >= 0.6 is 48.0 Å². The molecule has 0 heterocycles. The Morgan fingerprint density at radius 3 is 1.41 bits per heavy atom. The summed E-state index contributed by atoms with van der Waals surface area (Å²) in [4.78, 5) is 47.3. The van der Waals surface area contributed by atoms with Crippen LogP contribution in [-0.4, -0.2) is 57.4 Å². The van der Waals surface area contributed by atoms with Gasteiger partial charge in [0.1, 0.15) is 0 Å². The number of benzene rings is 2.